The quantitative estimate of drug-likeness (QED) is 0.599. The molecular formula is C19H20N4O2S2. The van der Waals surface area contributed by atoms with Crippen LogP contribution in [0, 0.1) is 6.92 Å². The first-order valence-corrected chi connectivity index (χ1v) is 10.8. The fourth-order valence-corrected chi connectivity index (χ4v) is 4.90. The van der Waals surface area contributed by atoms with Crippen LogP contribution in [0.2, 0.25) is 0 Å². The van der Waals surface area contributed by atoms with Crippen LogP contribution in [0.5, 0.6) is 0 Å². The lowest BCUT2D eigenvalue weighted by Gasteiger charge is -2.32. The molecule has 8 heteroatoms. The Kier molecular flexibility index (Phi) is 5.54. The molecule has 1 aliphatic rings. The highest BCUT2D eigenvalue weighted by molar-refractivity contribution is 7.98. The van der Waals surface area contributed by atoms with Crippen molar-refractivity contribution >= 4 is 29.0 Å². The average Bonchev–Trinajstić information content (AvgIpc) is 3.38. The van der Waals surface area contributed by atoms with Gasteiger partial charge < -0.3 is 9.42 Å². The zero-order valence-corrected chi connectivity index (χ0v) is 16.6. The van der Waals surface area contributed by atoms with E-state index in [0.29, 0.717) is 23.8 Å². The third-order valence-corrected chi connectivity index (χ3v) is 6.52. The molecule has 0 bridgehead atoms. The summed E-state index contributed by atoms with van der Waals surface area (Å²) in [5, 5.41) is 7.86. The summed E-state index contributed by atoms with van der Waals surface area (Å²) >= 11 is 3.18. The third-order valence-electron chi connectivity index (χ3n) is 4.54. The number of pyridine rings is 1. The Balaban J connectivity index is 1.48. The average molecular weight is 401 g/mol. The van der Waals surface area contributed by atoms with E-state index in [4.69, 9.17) is 4.52 Å². The van der Waals surface area contributed by atoms with Gasteiger partial charge in [-0.2, -0.15) is 0 Å². The highest BCUT2D eigenvalue weighted by Crippen LogP contribution is 2.30. The van der Waals surface area contributed by atoms with E-state index in [1.165, 1.54) is 11.8 Å². The third kappa shape index (κ3) is 4.22. The molecule has 4 heterocycles. The second-order valence-corrected chi connectivity index (χ2v) is 8.42. The normalized spacial score (nSPS) is 17.2. The van der Waals surface area contributed by atoms with Crippen LogP contribution in [0.3, 0.4) is 0 Å². The maximum atomic E-state index is 13.2. The molecule has 1 unspecified atom stereocenters. The summed E-state index contributed by atoms with van der Waals surface area (Å²) < 4.78 is 5.11. The summed E-state index contributed by atoms with van der Waals surface area (Å²) in [6.07, 6.45) is 5.64. The minimum absolute atomic E-state index is 0.0446. The number of aromatic nitrogens is 3. The molecule has 27 heavy (non-hydrogen) atoms. The number of likely N-dealkylation sites (tertiary alicyclic amines) is 1. The Bertz CT molecular complexity index is 910. The monoisotopic (exact) mass is 400 g/mol. The molecule has 0 radical (unpaired) electrons. The molecule has 1 fully saturated rings. The number of amides is 1. The molecule has 0 saturated carbocycles. The molecule has 0 aromatic carbocycles. The van der Waals surface area contributed by atoms with Gasteiger partial charge in [0.05, 0.1) is 16.3 Å². The number of nitrogens with zero attached hydrogens (tertiary/aromatic N) is 4. The van der Waals surface area contributed by atoms with Gasteiger partial charge in [0.1, 0.15) is 10.8 Å². The lowest BCUT2D eigenvalue weighted by Crippen LogP contribution is -2.39. The number of carbonyl (C=O) groups is 1. The molecule has 3 aromatic heterocycles. The Morgan fingerprint density at radius 3 is 3.11 bits per heavy atom. The van der Waals surface area contributed by atoms with Crippen molar-refractivity contribution in [3.63, 3.8) is 0 Å². The van der Waals surface area contributed by atoms with Crippen molar-refractivity contribution in [3.8, 4) is 0 Å². The van der Waals surface area contributed by atoms with E-state index in [-0.39, 0.29) is 5.91 Å². The molecule has 0 spiro atoms. The van der Waals surface area contributed by atoms with Gasteiger partial charge in [-0.3, -0.25) is 4.79 Å². The van der Waals surface area contributed by atoms with Gasteiger partial charge in [0.25, 0.3) is 5.91 Å². The fourth-order valence-electron chi connectivity index (χ4n) is 3.27. The van der Waals surface area contributed by atoms with Gasteiger partial charge in [-0.05, 0) is 31.9 Å². The highest BCUT2D eigenvalue weighted by atomic mass is 32.2. The summed E-state index contributed by atoms with van der Waals surface area (Å²) in [4.78, 5) is 24.0. The van der Waals surface area contributed by atoms with Crippen LogP contribution in [0.4, 0.5) is 0 Å². The van der Waals surface area contributed by atoms with Crippen molar-refractivity contribution in [2.45, 2.75) is 36.5 Å². The van der Waals surface area contributed by atoms with Crippen LogP contribution in [0.1, 0.15) is 45.6 Å². The van der Waals surface area contributed by atoms with Crippen LogP contribution in [0.15, 0.2) is 45.5 Å². The zero-order chi connectivity index (χ0) is 18.6. The lowest BCUT2D eigenvalue weighted by atomic mass is 9.98. The Labute approximate surface area is 166 Å². The van der Waals surface area contributed by atoms with E-state index in [1.807, 2.05) is 41.6 Å². The summed E-state index contributed by atoms with van der Waals surface area (Å²) in [5.74, 6) is 1.78. The molecule has 1 atom stereocenters. The van der Waals surface area contributed by atoms with Crippen molar-refractivity contribution in [2.75, 3.05) is 13.1 Å². The molecule has 1 amide bonds. The van der Waals surface area contributed by atoms with Crippen LogP contribution >= 0.6 is 23.1 Å². The standard InChI is InChI=1S/C19H20N4O2S2/c1-13-10-15(22-25-13)12-27-18-16(5-2-6-20-18)19(24)23-8-3-4-14(11-23)17-21-7-9-26-17/h2,5-7,9-10,14H,3-4,8,11-12H2,1H3. The second-order valence-electron chi connectivity index (χ2n) is 6.53. The van der Waals surface area contributed by atoms with Gasteiger partial charge in [0, 0.05) is 48.6 Å². The number of piperidine rings is 1. The van der Waals surface area contributed by atoms with Crippen molar-refractivity contribution in [1.82, 2.24) is 20.0 Å². The van der Waals surface area contributed by atoms with E-state index >= 15 is 0 Å². The number of hydrogen-bond acceptors (Lipinski definition) is 7. The summed E-state index contributed by atoms with van der Waals surface area (Å²) in [6, 6.07) is 5.58. The summed E-state index contributed by atoms with van der Waals surface area (Å²) in [6.45, 7) is 3.36. The molecular weight excluding hydrogens is 380 g/mol. The Morgan fingerprint density at radius 2 is 2.33 bits per heavy atom. The van der Waals surface area contributed by atoms with E-state index in [2.05, 4.69) is 15.1 Å². The van der Waals surface area contributed by atoms with Crippen LogP contribution in [-0.2, 0) is 5.75 Å². The number of rotatable bonds is 5. The van der Waals surface area contributed by atoms with Gasteiger partial charge in [-0.15, -0.1) is 11.3 Å². The van der Waals surface area contributed by atoms with E-state index in [9.17, 15) is 4.79 Å². The van der Waals surface area contributed by atoms with Gasteiger partial charge in [0.2, 0.25) is 0 Å². The number of thioether (sulfide) groups is 1. The summed E-state index contributed by atoms with van der Waals surface area (Å²) in [7, 11) is 0. The molecule has 4 rings (SSSR count). The fraction of sp³-hybridized carbons (Fsp3) is 0.368. The van der Waals surface area contributed by atoms with Crippen molar-refractivity contribution < 1.29 is 9.32 Å². The molecule has 1 saturated heterocycles. The highest BCUT2D eigenvalue weighted by Gasteiger charge is 2.28. The zero-order valence-electron chi connectivity index (χ0n) is 15.0. The van der Waals surface area contributed by atoms with Gasteiger partial charge in [-0.25, -0.2) is 9.97 Å². The number of hydrogen-bond donors (Lipinski definition) is 0. The SMILES string of the molecule is Cc1cc(CSc2ncccc2C(=O)N2CCCC(c3nccs3)C2)no1. The number of carbonyl (C=O) groups excluding carboxylic acids is 1. The van der Waals surface area contributed by atoms with Crippen LogP contribution in [-0.4, -0.2) is 39.0 Å². The smallest absolute Gasteiger partial charge is 0.256 e. The van der Waals surface area contributed by atoms with Gasteiger partial charge in [-0.1, -0.05) is 16.9 Å². The topological polar surface area (TPSA) is 72.1 Å². The predicted molar refractivity (Wildman–Crippen MR) is 105 cm³/mol. The summed E-state index contributed by atoms with van der Waals surface area (Å²) in [5.41, 5.74) is 1.51. The lowest BCUT2D eigenvalue weighted by molar-refractivity contribution is 0.0702. The molecule has 6 nitrogen and oxygen atoms in total. The van der Waals surface area contributed by atoms with Crippen molar-refractivity contribution in [3.05, 3.63) is 58.0 Å². The van der Waals surface area contributed by atoms with Crippen LogP contribution in [0.25, 0.3) is 0 Å². The van der Waals surface area contributed by atoms with Crippen molar-refractivity contribution in [1.29, 1.82) is 0 Å². The van der Waals surface area contributed by atoms with Gasteiger partial charge in [0.15, 0.2) is 0 Å². The first kappa shape index (κ1) is 18.2. The molecule has 0 aliphatic carbocycles. The van der Waals surface area contributed by atoms with Crippen LogP contribution < -0.4 is 0 Å². The second kappa shape index (κ2) is 8.22. The minimum Gasteiger partial charge on any atom is -0.361 e. The van der Waals surface area contributed by atoms with Crippen molar-refractivity contribution in [2.24, 2.45) is 0 Å². The largest absolute Gasteiger partial charge is 0.361 e. The molecule has 3 aromatic rings. The number of thiazole rings is 1. The Morgan fingerprint density at radius 1 is 1.41 bits per heavy atom. The van der Waals surface area contributed by atoms with E-state index in [1.54, 1.807) is 17.5 Å². The molecule has 0 N–H and O–H groups in total. The molecule has 140 valence electrons. The Hall–Kier alpha value is -2.19. The first-order chi connectivity index (χ1) is 13.2. The maximum absolute atomic E-state index is 13.2. The van der Waals surface area contributed by atoms with E-state index < -0.39 is 0 Å². The first-order valence-electron chi connectivity index (χ1n) is 8.89. The predicted octanol–water partition coefficient (Wildman–Crippen LogP) is 4.15. The maximum Gasteiger partial charge on any atom is 0.256 e. The number of aryl methyl sites for hydroxylation is 1. The van der Waals surface area contributed by atoms with Gasteiger partial charge >= 0.3 is 0 Å². The molecule has 1 aliphatic heterocycles. The minimum atomic E-state index is 0.0446. The van der Waals surface area contributed by atoms with E-state index in [0.717, 1.165) is 40.9 Å².